The van der Waals surface area contributed by atoms with E-state index in [2.05, 4.69) is 10.6 Å². The molecule has 0 fully saturated rings. The minimum Gasteiger partial charge on any atom is -0.508 e. The number of phenolic OH excluding ortho intramolecular Hbond substituents is 1. The molecule has 0 aliphatic rings. The highest BCUT2D eigenvalue weighted by Gasteiger charge is 2.36. The van der Waals surface area contributed by atoms with Crippen molar-refractivity contribution in [1.82, 2.24) is 15.5 Å². The van der Waals surface area contributed by atoms with Crippen molar-refractivity contribution in [2.75, 3.05) is 6.54 Å². The first-order chi connectivity index (χ1) is 18.3. The highest BCUT2D eigenvalue weighted by molar-refractivity contribution is 5.92. The minimum absolute atomic E-state index is 0.00807. The summed E-state index contributed by atoms with van der Waals surface area (Å²) in [7, 11) is 0. The zero-order valence-corrected chi connectivity index (χ0v) is 22.6. The molecule has 2 atom stereocenters. The van der Waals surface area contributed by atoms with Crippen molar-refractivity contribution in [3.05, 3.63) is 65.2 Å². The third-order valence-corrected chi connectivity index (χ3v) is 5.60. The molecule has 208 valence electrons. The van der Waals surface area contributed by atoms with Gasteiger partial charge in [0.15, 0.2) is 0 Å². The molecule has 4 amide bonds. The first-order valence-corrected chi connectivity index (χ1v) is 12.4. The maximum absolute atomic E-state index is 13.8. The number of rotatable bonds is 11. The van der Waals surface area contributed by atoms with E-state index in [1.54, 1.807) is 33.8 Å². The molecule has 2 aromatic rings. The molecule has 11 heteroatoms. The molecule has 0 aromatic heterocycles. The summed E-state index contributed by atoms with van der Waals surface area (Å²) in [6, 6.07) is 12.8. The molecule has 2 aromatic carbocycles. The van der Waals surface area contributed by atoms with Gasteiger partial charge in [0.25, 0.3) is 0 Å². The lowest BCUT2D eigenvalue weighted by atomic mass is 9.99. The van der Waals surface area contributed by atoms with Gasteiger partial charge in [-0.25, -0.2) is 4.79 Å². The van der Waals surface area contributed by atoms with Crippen LogP contribution in [-0.2, 0) is 25.7 Å². The molecule has 5 N–H and O–H groups in total. The number of ether oxygens (including phenoxy) is 1. The van der Waals surface area contributed by atoms with Crippen LogP contribution in [0.1, 0.15) is 56.3 Å². The van der Waals surface area contributed by atoms with Crippen LogP contribution in [0.2, 0.25) is 0 Å². The van der Waals surface area contributed by atoms with Gasteiger partial charge in [-0.1, -0.05) is 36.4 Å². The summed E-state index contributed by atoms with van der Waals surface area (Å²) in [5.41, 5.74) is 6.03. The van der Waals surface area contributed by atoms with Gasteiger partial charge in [-0.2, -0.15) is 5.26 Å². The van der Waals surface area contributed by atoms with Crippen LogP contribution in [0.15, 0.2) is 48.5 Å². The second kappa shape index (κ2) is 13.8. The predicted octanol–water partition coefficient (Wildman–Crippen LogP) is 2.57. The smallest absolute Gasteiger partial charge is 0.408 e. The molecule has 0 saturated heterocycles. The van der Waals surface area contributed by atoms with Crippen molar-refractivity contribution in [3.63, 3.8) is 0 Å². The third-order valence-electron chi connectivity index (χ3n) is 5.60. The van der Waals surface area contributed by atoms with Crippen LogP contribution in [0, 0.1) is 18.3 Å². The SMILES string of the molecule is Cc1cc(C(C(=O)NCc2ccccc2)N(CC#N)C(=O)C(CCC(N)=O)NC(=O)OC(C)(C)C)ccc1O. The summed E-state index contributed by atoms with van der Waals surface area (Å²) in [5.74, 6) is -2.07. The molecule has 0 bridgehead atoms. The van der Waals surface area contributed by atoms with Crippen molar-refractivity contribution in [1.29, 1.82) is 5.26 Å². The van der Waals surface area contributed by atoms with E-state index in [-0.39, 0.29) is 25.1 Å². The lowest BCUT2D eigenvalue weighted by Crippen LogP contribution is -2.53. The number of amides is 4. The number of nitrogens with two attached hydrogens (primary N) is 1. The monoisotopic (exact) mass is 537 g/mol. The van der Waals surface area contributed by atoms with E-state index in [0.717, 1.165) is 10.5 Å². The summed E-state index contributed by atoms with van der Waals surface area (Å²) in [4.78, 5) is 52.4. The average molecular weight is 538 g/mol. The fraction of sp³-hybridized carbons (Fsp3) is 0.393. The zero-order valence-electron chi connectivity index (χ0n) is 22.6. The molecule has 2 unspecified atom stereocenters. The number of nitrogens with one attached hydrogen (secondary N) is 2. The van der Waals surface area contributed by atoms with Gasteiger partial charge < -0.3 is 31.1 Å². The van der Waals surface area contributed by atoms with E-state index in [1.165, 1.54) is 12.1 Å². The van der Waals surface area contributed by atoms with Gasteiger partial charge in [0, 0.05) is 13.0 Å². The van der Waals surface area contributed by atoms with Crippen molar-refractivity contribution in [3.8, 4) is 11.8 Å². The largest absolute Gasteiger partial charge is 0.508 e. The fourth-order valence-electron chi connectivity index (χ4n) is 3.77. The van der Waals surface area contributed by atoms with Crippen molar-refractivity contribution < 1.29 is 29.0 Å². The Morgan fingerprint density at radius 1 is 1.13 bits per heavy atom. The molecule has 2 rings (SSSR count). The first kappa shape index (κ1) is 30.6. The molecule has 0 aliphatic carbocycles. The van der Waals surface area contributed by atoms with Gasteiger partial charge in [-0.15, -0.1) is 0 Å². The Bertz CT molecular complexity index is 1220. The van der Waals surface area contributed by atoms with E-state index in [4.69, 9.17) is 10.5 Å². The van der Waals surface area contributed by atoms with Crippen LogP contribution in [0.5, 0.6) is 5.75 Å². The second-order valence-electron chi connectivity index (χ2n) is 9.98. The summed E-state index contributed by atoms with van der Waals surface area (Å²) in [5, 5.41) is 24.9. The van der Waals surface area contributed by atoms with Gasteiger partial charge in [-0.05, 0) is 62.9 Å². The standard InChI is InChI=1S/C28H35N5O6/c1-18-16-20(10-12-22(18)34)24(25(36)31-17-19-8-6-5-7-9-19)33(15-14-29)26(37)21(11-13-23(30)35)32-27(38)39-28(2,3)4/h5-10,12,16,21,24,34H,11,13,15,17H2,1-4H3,(H2,30,35)(H,31,36)(H,32,38). The quantitative estimate of drug-likeness (QED) is 0.319. The number of carbonyl (C=O) groups excluding carboxylic acids is 4. The Hall–Kier alpha value is -4.59. The molecule has 0 radical (unpaired) electrons. The van der Waals surface area contributed by atoms with Crippen LogP contribution in [0.4, 0.5) is 4.79 Å². The summed E-state index contributed by atoms with van der Waals surface area (Å²) >= 11 is 0. The average Bonchev–Trinajstić information content (AvgIpc) is 2.86. The molecule has 11 nitrogen and oxygen atoms in total. The van der Waals surface area contributed by atoms with Crippen LogP contribution in [0.25, 0.3) is 0 Å². The van der Waals surface area contributed by atoms with Crippen molar-refractivity contribution in [2.24, 2.45) is 5.73 Å². The lowest BCUT2D eigenvalue weighted by Gasteiger charge is -2.33. The molecular formula is C28H35N5O6. The molecule has 0 heterocycles. The zero-order chi connectivity index (χ0) is 29.2. The van der Waals surface area contributed by atoms with E-state index in [0.29, 0.717) is 11.1 Å². The summed E-state index contributed by atoms with van der Waals surface area (Å²) in [6.07, 6.45) is -1.33. The number of nitrogens with zero attached hydrogens (tertiary/aromatic N) is 2. The van der Waals surface area contributed by atoms with Gasteiger partial charge >= 0.3 is 6.09 Å². The van der Waals surface area contributed by atoms with Gasteiger partial charge in [0.1, 0.15) is 30.0 Å². The molecule has 39 heavy (non-hydrogen) atoms. The number of hydrogen-bond acceptors (Lipinski definition) is 7. The number of alkyl carbamates (subject to hydrolysis) is 1. The number of carbonyl (C=O) groups is 4. The topological polar surface area (TPSA) is 175 Å². The highest BCUT2D eigenvalue weighted by Crippen LogP contribution is 2.27. The Balaban J connectivity index is 2.48. The van der Waals surface area contributed by atoms with Crippen molar-refractivity contribution >= 4 is 23.8 Å². The maximum atomic E-state index is 13.8. The van der Waals surface area contributed by atoms with Gasteiger partial charge in [0.05, 0.1) is 6.07 Å². The molecule has 0 aliphatic heterocycles. The number of phenols is 1. The Morgan fingerprint density at radius 3 is 2.36 bits per heavy atom. The lowest BCUT2D eigenvalue weighted by molar-refractivity contribution is -0.142. The van der Waals surface area contributed by atoms with Crippen LogP contribution >= 0.6 is 0 Å². The minimum atomic E-state index is -1.32. The number of benzene rings is 2. The number of primary amides is 1. The van der Waals surface area contributed by atoms with Crippen LogP contribution in [-0.4, -0.2) is 52.0 Å². The first-order valence-electron chi connectivity index (χ1n) is 12.4. The van der Waals surface area contributed by atoms with E-state index in [9.17, 15) is 29.5 Å². The number of nitriles is 1. The molecule has 0 saturated carbocycles. The van der Waals surface area contributed by atoms with E-state index < -0.39 is 48.0 Å². The summed E-state index contributed by atoms with van der Waals surface area (Å²) < 4.78 is 5.26. The predicted molar refractivity (Wildman–Crippen MR) is 143 cm³/mol. The van der Waals surface area contributed by atoms with Crippen molar-refractivity contribution in [2.45, 2.75) is 64.8 Å². The second-order valence-corrected chi connectivity index (χ2v) is 9.98. The number of hydrogen-bond donors (Lipinski definition) is 4. The Morgan fingerprint density at radius 2 is 1.79 bits per heavy atom. The maximum Gasteiger partial charge on any atom is 0.408 e. The van der Waals surface area contributed by atoms with Crippen LogP contribution in [0.3, 0.4) is 0 Å². The Kier molecular flexibility index (Phi) is 10.8. The van der Waals surface area contributed by atoms with Gasteiger partial charge in [-0.3, -0.25) is 14.4 Å². The Labute approximate surface area is 227 Å². The fourth-order valence-corrected chi connectivity index (χ4v) is 3.77. The third kappa shape index (κ3) is 9.66. The molecular weight excluding hydrogens is 502 g/mol. The highest BCUT2D eigenvalue weighted by atomic mass is 16.6. The van der Waals surface area contributed by atoms with E-state index >= 15 is 0 Å². The number of aryl methyl sites for hydroxylation is 1. The van der Waals surface area contributed by atoms with Crippen LogP contribution < -0.4 is 16.4 Å². The van der Waals surface area contributed by atoms with Gasteiger partial charge in [0.2, 0.25) is 17.7 Å². The number of aromatic hydroxyl groups is 1. The van der Waals surface area contributed by atoms with E-state index in [1.807, 2.05) is 36.4 Å². The molecule has 0 spiro atoms. The normalized spacial score (nSPS) is 12.4. The summed E-state index contributed by atoms with van der Waals surface area (Å²) in [6.45, 7) is 6.22.